The average Bonchev–Trinajstić information content (AvgIpc) is 3.24. The SMILES string of the molecule is CC(=O)c1ccc(S(=O)(=O)Nc2ccc(OCCOc3ccccc3CCC(=O)O)cc2)cc1.CCS(=O)(=O)Nc1ccc(OCCOc2ccccc2CCC(=O)O)cc1. The number of hydrogen-bond acceptors (Lipinski definition) is 11. The monoisotopic (exact) mass is 876 g/mol. The van der Waals surface area contributed by atoms with E-state index in [2.05, 4.69) is 9.44 Å². The van der Waals surface area contributed by atoms with Gasteiger partial charge in [-0.15, -0.1) is 0 Å². The third-order valence-electron chi connectivity index (χ3n) is 8.57. The standard InChI is InChI=1S/C25H25NO7S.C19H23NO6S/c1-18(27)19-6-13-23(14-7-19)34(30,31)26-21-9-11-22(12-10-21)32-16-17-33-24-5-3-2-4-20(24)8-15-25(28)29;1-2-27(23,24)20-16-8-10-17(11-9-16)25-13-14-26-18-6-4-3-5-15(18)7-12-19(21)22/h2-7,9-14,26H,8,15-17H2,1H3,(H,28,29);3-6,8-11,20H,2,7,12-14H2,1H3,(H,21,22). The van der Waals surface area contributed by atoms with Crippen LogP contribution in [-0.4, -0.2) is 77.0 Å². The summed E-state index contributed by atoms with van der Waals surface area (Å²) in [7, 11) is -7.09. The normalized spacial score (nSPS) is 11.0. The maximum atomic E-state index is 12.5. The van der Waals surface area contributed by atoms with Gasteiger partial charge < -0.3 is 29.2 Å². The third-order valence-corrected chi connectivity index (χ3v) is 11.3. The molecular weight excluding hydrogens is 829 g/mol. The van der Waals surface area contributed by atoms with Crippen molar-refractivity contribution in [2.45, 2.75) is 44.4 Å². The Balaban J connectivity index is 0.000000276. The maximum absolute atomic E-state index is 12.5. The molecule has 0 aliphatic heterocycles. The van der Waals surface area contributed by atoms with E-state index in [-0.39, 0.29) is 42.5 Å². The van der Waals surface area contributed by atoms with Gasteiger partial charge in [0, 0.05) is 29.8 Å². The molecule has 0 radical (unpaired) electrons. The molecule has 0 spiro atoms. The second-order valence-corrected chi connectivity index (χ2v) is 16.8. The number of rotatable bonds is 23. The minimum atomic E-state index is -3.79. The number of aliphatic carboxylic acids is 2. The first-order chi connectivity index (χ1) is 29.1. The lowest BCUT2D eigenvalue weighted by molar-refractivity contribution is -0.138. The molecule has 324 valence electrons. The van der Waals surface area contributed by atoms with Gasteiger partial charge in [0.2, 0.25) is 10.0 Å². The van der Waals surface area contributed by atoms with Crippen molar-refractivity contribution in [3.63, 3.8) is 0 Å². The molecular formula is C44H48N2O13S2. The fourth-order valence-corrected chi connectivity index (χ4v) is 7.08. The number of aryl methyl sites for hydroxylation is 2. The number of carboxylic acid groups (broad SMARTS) is 2. The Morgan fingerprint density at radius 3 is 1.36 bits per heavy atom. The van der Waals surface area contributed by atoms with Crippen LogP contribution in [0.3, 0.4) is 0 Å². The number of sulfonamides is 2. The number of Topliss-reactive ketones (excluding diaryl/α,β-unsaturated/α-hetero) is 1. The molecule has 0 bridgehead atoms. The summed E-state index contributed by atoms with van der Waals surface area (Å²) >= 11 is 0. The molecule has 5 aromatic carbocycles. The van der Waals surface area contributed by atoms with Crippen LogP contribution in [0.4, 0.5) is 11.4 Å². The van der Waals surface area contributed by atoms with E-state index in [4.69, 9.17) is 29.2 Å². The molecule has 0 aliphatic rings. The summed E-state index contributed by atoms with van der Waals surface area (Å²) in [6, 6.07) is 33.3. The van der Waals surface area contributed by atoms with E-state index in [0.29, 0.717) is 66.0 Å². The van der Waals surface area contributed by atoms with Crippen molar-refractivity contribution >= 4 is 49.1 Å². The van der Waals surface area contributed by atoms with Gasteiger partial charge in [-0.1, -0.05) is 48.5 Å². The lowest BCUT2D eigenvalue weighted by Crippen LogP contribution is -2.14. The number of carbonyl (C=O) groups excluding carboxylic acids is 1. The number of para-hydroxylation sites is 2. The smallest absolute Gasteiger partial charge is 0.303 e. The summed E-state index contributed by atoms with van der Waals surface area (Å²) < 4.78 is 75.7. The van der Waals surface area contributed by atoms with Crippen LogP contribution in [0.15, 0.2) is 126 Å². The highest BCUT2D eigenvalue weighted by Gasteiger charge is 2.15. The third kappa shape index (κ3) is 16.5. The van der Waals surface area contributed by atoms with E-state index in [0.717, 1.165) is 11.1 Å². The second-order valence-electron chi connectivity index (χ2n) is 13.1. The molecule has 0 heterocycles. The van der Waals surface area contributed by atoms with Crippen LogP contribution in [0.2, 0.25) is 0 Å². The lowest BCUT2D eigenvalue weighted by atomic mass is 10.1. The first kappa shape index (κ1) is 47.1. The highest BCUT2D eigenvalue weighted by atomic mass is 32.2. The van der Waals surface area contributed by atoms with Gasteiger partial charge in [0.05, 0.1) is 10.6 Å². The molecule has 0 aliphatic carbocycles. The Labute approximate surface area is 355 Å². The largest absolute Gasteiger partial charge is 0.490 e. The number of benzene rings is 5. The van der Waals surface area contributed by atoms with Crippen LogP contribution in [0.1, 0.15) is 48.2 Å². The molecule has 4 N–H and O–H groups in total. The van der Waals surface area contributed by atoms with Gasteiger partial charge in [-0.3, -0.25) is 23.8 Å². The van der Waals surface area contributed by atoms with E-state index in [1.807, 2.05) is 36.4 Å². The summed E-state index contributed by atoms with van der Waals surface area (Å²) in [5.41, 5.74) is 2.94. The molecule has 0 fully saturated rings. The molecule has 0 aromatic heterocycles. The fraction of sp³-hybridized carbons (Fsp3) is 0.250. The topological polar surface area (TPSA) is 221 Å². The number of hydrogen-bond donors (Lipinski definition) is 4. The van der Waals surface area contributed by atoms with Gasteiger partial charge in [0.1, 0.15) is 49.4 Å². The van der Waals surface area contributed by atoms with Gasteiger partial charge in [-0.25, -0.2) is 16.8 Å². The quantitative estimate of drug-likeness (QED) is 0.0381. The molecule has 0 atom stereocenters. The zero-order valence-electron chi connectivity index (χ0n) is 33.6. The predicted octanol–water partition coefficient (Wildman–Crippen LogP) is 7.09. The average molecular weight is 877 g/mol. The molecule has 15 nitrogen and oxygen atoms in total. The molecule has 5 aromatic rings. The molecule has 61 heavy (non-hydrogen) atoms. The number of nitrogens with one attached hydrogen (secondary N) is 2. The Hall–Kier alpha value is -6.59. The van der Waals surface area contributed by atoms with Crippen molar-refractivity contribution in [3.05, 3.63) is 138 Å². The predicted molar refractivity (Wildman–Crippen MR) is 230 cm³/mol. The first-order valence-electron chi connectivity index (χ1n) is 19.1. The van der Waals surface area contributed by atoms with Gasteiger partial charge in [0.15, 0.2) is 5.78 Å². The molecule has 5 rings (SSSR count). The van der Waals surface area contributed by atoms with Crippen LogP contribution in [0.25, 0.3) is 0 Å². The van der Waals surface area contributed by atoms with Gasteiger partial charge in [0.25, 0.3) is 10.0 Å². The van der Waals surface area contributed by atoms with E-state index >= 15 is 0 Å². The Morgan fingerprint density at radius 2 is 0.951 bits per heavy atom. The van der Waals surface area contributed by atoms with E-state index in [1.165, 1.54) is 31.2 Å². The van der Waals surface area contributed by atoms with Crippen molar-refractivity contribution in [2.24, 2.45) is 0 Å². The highest BCUT2D eigenvalue weighted by Crippen LogP contribution is 2.23. The van der Waals surface area contributed by atoms with Gasteiger partial charge in [-0.05, 0) is 111 Å². The summed E-state index contributed by atoms with van der Waals surface area (Å²) in [5, 5.41) is 17.7. The van der Waals surface area contributed by atoms with Crippen LogP contribution in [0.5, 0.6) is 23.0 Å². The van der Waals surface area contributed by atoms with Crippen LogP contribution < -0.4 is 28.4 Å². The minimum Gasteiger partial charge on any atom is -0.490 e. The van der Waals surface area contributed by atoms with Crippen molar-refractivity contribution in [1.82, 2.24) is 0 Å². The summed E-state index contributed by atoms with van der Waals surface area (Å²) in [5.74, 6) is 0.554. The highest BCUT2D eigenvalue weighted by molar-refractivity contribution is 7.93. The number of ether oxygens (including phenoxy) is 4. The summed E-state index contributed by atoms with van der Waals surface area (Å²) in [6.45, 7) is 4.09. The van der Waals surface area contributed by atoms with Crippen molar-refractivity contribution in [3.8, 4) is 23.0 Å². The Kier molecular flexibility index (Phi) is 18.0. The summed E-state index contributed by atoms with van der Waals surface area (Å²) in [6.07, 6.45) is 0.855. The molecule has 0 saturated heterocycles. The molecule has 0 saturated carbocycles. The van der Waals surface area contributed by atoms with Crippen molar-refractivity contribution < 1.29 is 60.4 Å². The van der Waals surface area contributed by atoms with Crippen LogP contribution in [0, 0.1) is 0 Å². The molecule has 0 unspecified atom stereocenters. The zero-order chi connectivity index (χ0) is 44.3. The second kappa shape index (κ2) is 23.3. The fourth-order valence-electron chi connectivity index (χ4n) is 5.38. The first-order valence-corrected chi connectivity index (χ1v) is 22.2. The van der Waals surface area contributed by atoms with E-state index in [9.17, 15) is 31.2 Å². The van der Waals surface area contributed by atoms with Crippen LogP contribution in [-0.2, 0) is 42.5 Å². The van der Waals surface area contributed by atoms with Crippen molar-refractivity contribution in [2.75, 3.05) is 41.6 Å². The van der Waals surface area contributed by atoms with Crippen LogP contribution >= 0.6 is 0 Å². The Morgan fingerprint density at radius 1 is 0.541 bits per heavy atom. The number of carboxylic acids is 2. The van der Waals surface area contributed by atoms with Gasteiger partial charge >= 0.3 is 11.9 Å². The molecule has 0 amide bonds. The molecule has 17 heteroatoms. The number of ketones is 1. The lowest BCUT2D eigenvalue weighted by Gasteiger charge is -2.12. The van der Waals surface area contributed by atoms with E-state index in [1.54, 1.807) is 67.6 Å². The Bertz CT molecular complexity index is 2420. The van der Waals surface area contributed by atoms with Gasteiger partial charge in [-0.2, -0.15) is 0 Å². The maximum Gasteiger partial charge on any atom is 0.303 e. The summed E-state index contributed by atoms with van der Waals surface area (Å²) in [4.78, 5) is 32.9. The van der Waals surface area contributed by atoms with E-state index < -0.39 is 32.0 Å². The minimum absolute atomic E-state index is 0.0104. The number of carbonyl (C=O) groups is 3. The number of anilines is 2. The zero-order valence-corrected chi connectivity index (χ0v) is 35.2. The van der Waals surface area contributed by atoms with Crippen molar-refractivity contribution in [1.29, 1.82) is 0 Å².